The van der Waals surface area contributed by atoms with Crippen LogP contribution in [0.1, 0.15) is 42.5 Å². The molecule has 11 heteroatoms. The molecule has 1 aromatic carbocycles. The smallest absolute Gasteiger partial charge is 0.369 e. The summed E-state index contributed by atoms with van der Waals surface area (Å²) in [6.45, 7) is 6.17. The predicted molar refractivity (Wildman–Crippen MR) is 128 cm³/mol. The van der Waals surface area contributed by atoms with Crippen molar-refractivity contribution < 1.29 is 24.0 Å². The van der Waals surface area contributed by atoms with Crippen LogP contribution in [0.25, 0.3) is 0 Å². The predicted octanol–water partition coefficient (Wildman–Crippen LogP) is 0.456. The van der Waals surface area contributed by atoms with E-state index in [4.69, 9.17) is 10.6 Å². The van der Waals surface area contributed by atoms with Crippen molar-refractivity contribution in [1.29, 1.82) is 0 Å². The average molecular weight is 487 g/mol. The number of primary amides is 1. The highest BCUT2D eigenvalue weighted by Gasteiger charge is 2.28. The molecular formula is C24H34N6O5. The van der Waals surface area contributed by atoms with Gasteiger partial charge in [-0.25, -0.2) is 4.79 Å². The van der Waals surface area contributed by atoms with Gasteiger partial charge in [0, 0.05) is 56.9 Å². The average Bonchev–Trinajstić information content (AvgIpc) is 2.85. The molecule has 0 spiro atoms. The van der Waals surface area contributed by atoms with Crippen LogP contribution in [0.4, 0.5) is 10.5 Å². The van der Waals surface area contributed by atoms with Crippen LogP contribution >= 0.6 is 0 Å². The van der Waals surface area contributed by atoms with Crippen molar-refractivity contribution in [2.24, 2.45) is 11.7 Å². The highest BCUT2D eigenvalue weighted by Crippen LogP contribution is 2.23. The number of nitrogens with two attached hydrogens (primary N) is 1. The van der Waals surface area contributed by atoms with Gasteiger partial charge >= 0.3 is 6.09 Å². The topological polar surface area (TPSA) is 137 Å². The number of nitrogens with one attached hydrogen (secondary N) is 2. The lowest BCUT2D eigenvalue weighted by Gasteiger charge is -2.37. The molecule has 35 heavy (non-hydrogen) atoms. The van der Waals surface area contributed by atoms with Crippen LogP contribution in [-0.4, -0.2) is 85.6 Å². The molecule has 3 aliphatic heterocycles. The van der Waals surface area contributed by atoms with Gasteiger partial charge in [-0.3, -0.25) is 24.6 Å². The minimum Gasteiger partial charge on any atom is -0.369 e. The summed E-state index contributed by atoms with van der Waals surface area (Å²) in [5.41, 5.74) is 6.57. The number of hydroxylamine groups is 2. The maximum atomic E-state index is 12.7. The fourth-order valence-electron chi connectivity index (χ4n) is 4.93. The van der Waals surface area contributed by atoms with Crippen LogP contribution in [-0.2, 0) is 14.4 Å². The van der Waals surface area contributed by atoms with Crippen molar-refractivity contribution in [2.75, 3.05) is 50.7 Å². The quantitative estimate of drug-likeness (QED) is 0.473. The second kappa shape index (κ2) is 11.5. The number of hydrogen-bond acceptors (Lipinski definition) is 8. The Morgan fingerprint density at radius 3 is 2.49 bits per heavy atom. The van der Waals surface area contributed by atoms with Crippen LogP contribution in [0.2, 0.25) is 0 Å². The summed E-state index contributed by atoms with van der Waals surface area (Å²) in [5, 5.41) is 6.65. The van der Waals surface area contributed by atoms with Crippen molar-refractivity contribution >= 4 is 29.5 Å². The Hall–Kier alpha value is -3.18. The number of hydrogen-bond donors (Lipinski definition) is 3. The molecule has 4 N–H and O–H groups in total. The number of carbonyl (C=O) groups is 4. The van der Waals surface area contributed by atoms with E-state index in [1.807, 2.05) is 18.2 Å². The van der Waals surface area contributed by atoms with Gasteiger partial charge in [0.25, 0.3) is 5.91 Å². The fourth-order valence-corrected chi connectivity index (χ4v) is 4.93. The van der Waals surface area contributed by atoms with Gasteiger partial charge in [0.1, 0.15) is 6.04 Å². The Labute approximate surface area is 204 Å². The minimum absolute atomic E-state index is 0.226. The largest absolute Gasteiger partial charge is 0.423 e. The Morgan fingerprint density at radius 1 is 1.06 bits per heavy atom. The summed E-state index contributed by atoms with van der Waals surface area (Å²) >= 11 is 0. The molecule has 0 aliphatic carbocycles. The number of benzene rings is 1. The van der Waals surface area contributed by atoms with Gasteiger partial charge in [-0.1, -0.05) is 6.07 Å². The van der Waals surface area contributed by atoms with E-state index >= 15 is 0 Å². The Bertz CT molecular complexity index is 940. The van der Waals surface area contributed by atoms with E-state index < -0.39 is 18.0 Å². The number of nitrogens with zero attached hydrogens (tertiary/aromatic N) is 3. The molecule has 190 valence electrons. The molecular weight excluding hydrogens is 452 g/mol. The lowest BCUT2D eigenvalue weighted by atomic mass is 9.94. The van der Waals surface area contributed by atoms with Crippen LogP contribution in [0.5, 0.6) is 0 Å². The fraction of sp³-hybridized carbons (Fsp3) is 0.583. The van der Waals surface area contributed by atoms with E-state index in [1.165, 1.54) is 0 Å². The molecule has 3 heterocycles. The molecule has 4 amide bonds. The van der Waals surface area contributed by atoms with Crippen LogP contribution in [0.3, 0.4) is 0 Å². The second-order valence-electron chi connectivity index (χ2n) is 9.43. The third-order valence-corrected chi connectivity index (χ3v) is 7.04. The molecule has 1 atom stereocenters. The second-order valence-corrected chi connectivity index (χ2v) is 9.43. The SMILES string of the molecule is NC(=O)ON1CCC(CCN2CCN(c3cccc(C(=O)NC4CCC(=O)NC4=O)c3)CC2)CC1. The zero-order valence-electron chi connectivity index (χ0n) is 19.9. The molecule has 11 nitrogen and oxygen atoms in total. The summed E-state index contributed by atoms with van der Waals surface area (Å²) in [7, 11) is 0. The Kier molecular flexibility index (Phi) is 8.19. The summed E-state index contributed by atoms with van der Waals surface area (Å²) in [4.78, 5) is 56.5. The maximum absolute atomic E-state index is 12.7. The maximum Gasteiger partial charge on any atom is 0.423 e. The highest BCUT2D eigenvalue weighted by molar-refractivity contribution is 6.04. The molecule has 3 saturated heterocycles. The van der Waals surface area contributed by atoms with Gasteiger partial charge in [0.15, 0.2) is 0 Å². The normalized spacial score (nSPS) is 22.5. The standard InChI is InChI=1S/C24H34N6O5/c25-24(34)35-30-10-7-17(8-11-30)6-9-28-12-14-29(15-13-28)19-3-1-2-18(16-19)22(32)26-20-4-5-21(31)27-23(20)33/h1-3,16-17,20H,4-15H2,(H2,25,34)(H,26,32)(H,27,31,33). The van der Waals surface area contributed by atoms with Crippen molar-refractivity contribution in [2.45, 2.75) is 38.1 Å². The number of carbonyl (C=O) groups excluding carboxylic acids is 4. The number of piperazine rings is 1. The first kappa shape index (κ1) is 24.9. The van der Waals surface area contributed by atoms with E-state index in [0.717, 1.165) is 70.8 Å². The lowest BCUT2D eigenvalue weighted by Crippen LogP contribution is -2.52. The van der Waals surface area contributed by atoms with Crippen molar-refractivity contribution in [1.82, 2.24) is 20.6 Å². The monoisotopic (exact) mass is 486 g/mol. The molecule has 0 aromatic heterocycles. The molecule has 0 saturated carbocycles. The third-order valence-electron chi connectivity index (χ3n) is 7.04. The van der Waals surface area contributed by atoms with Crippen molar-refractivity contribution in [3.8, 4) is 0 Å². The molecule has 4 rings (SSSR count). The van der Waals surface area contributed by atoms with Gasteiger partial charge < -0.3 is 20.8 Å². The molecule has 1 unspecified atom stereocenters. The van der Waals surface area contributed by atoms with Gasteiger partial charge in [0.05, 0.1) is 0 Å². The van der Waals surface area contributed by atoms with E-state index in [9.17, 15) is 19.2 Å². The molecule has 1 aromatic rings. The summed E-state index contributed by atoms with van der Waals surface area (Å²) in [6, 6.07) is 6.77. The molecule has 3 fully saturated rings. The first-order valence-corrected chi connectivity index (χ1v) is 12.3. The summed E-state index contributed by atoms with van der Waals surface area (Å²) < 4.78 is 0. The van der Waals surface area contributed by atoms with Crippen LogP contribution < -0.4 is 21.3 Å². The van der Waals surface area contributed by atoms with Gasteiger partial charge in [-0.15, -0.1) is 5.06 Å². The van der Waals surface area contributed by atoms with E-state index in [2.05, 4.69) is 20.4 Å². The van der Waals surface area contributed by atoms with E-state index in [0.29, 0.717) is 17.9 Å². The number of imide groups is 1. The third kappa shape index (κ3) is 6.92. The Morgan fingerprint density at radius 2 is 1.80 bits per heavy atom. The first-order chi connectivity index (χ1) is 16.9. The minimum atomic E-state index is -0.748. The number of piperidine rings is 2. The highest BCUT2D eigenvalue weighted by atomic mass is 16.7. The van der Waals surface area contributed by atoms with Gasteiger partial charge in [-0.05, 0) is 56.3 Å². The van der Waals surface area contributed by atoms with Gasteiger partial charge in [-0.2, -0.15) is 0 Å². The number of rotatable bonds is 7. The first-order valence-electron chi connectivity index (χ1n) is 12.3. The van der Waals surface area contributed by atoms with E-state index in [1.54, 1.807) is 11.1 Å². The zero-order valence-corrected chi connectivity index (χ0v) is 19.9. The van der Waals surface area contributed by atoms with Crippen LogP contribution in [0.15, 0.2) is 24.3 Å². The number of amides is 4. The molecule has 3 aliphatic rings. The van der Waals surface area contributed by atoms with Crippen molar-refractivity contribution in [3.05, 3.63) is 29.8 Å². The van der Waals surface area contributed by atoms with Crippen LogP contribution in [0, 0.1) is 5.92 Å². The Balaban J connectivity index is 1.21. The molecule has 0 radical (unpaired) electrons. The van der Waals surface area contributed by atoms with E-state index in [-0.39, 0.29) is 18.2 Å². The molecule has 0 bridgehead atoms. The summed E-state index contributed by atoms with van der Waals surface area (Å²) in [6.07, 6.45) is 2.92. The zero-order chi connectivity index (χ0) is 24.8. The summed E-state index contributed by atoms with van der Waals surface area (Å²) in [5.74, 6) is -0.444. The van der Waals surface area contributed by atoms with Crippen molar-refractivity contribution in [3.63, 3.8) is 0 Å². The lowest BCUT2D eigenvalue weighted by molar-refractivity contribution is -0.134. The number of anilines is 1. The van der Waals surface area contributed by atoms with Gasteiger partial charge in [0.2, 0.25) is 11.8 Å².